The van der Waals surface area contributed by atoms with Crippen LogP contribution in [0.5, 0.6) is 0 Å². The number of aromatic amines is 1. The first-order valence-electron chi connectivity index (χ1n) is 17.4. The van der Waals surface area contributed by atoms with Crippen molar-refractivity contribution in [3.05, 3.63) is 36.0 Å². The Morgan fingerprint density at radius 2 is 1.20 bits per heavy atom. The van der Waals surface area contributed by atoms with Gasteiger partial charge in [0, 0.05) is 17.1 Å². The second-order valence-corrected chi connectivity index (χ2v) is 13.7. The highest BCUT2D eigenvalue weighted by molar-refractivity contribution is 7.98. The van der Waals surface area contributed by atoms with Crippen molar-refractivity contribution in [3.63, 3.8) is 0 Å². The number of unbranched alkanes of at least 4 members (excludes halogenated alkanes) is 1. The van der Waals surface area contributed by atoms with Gasteiger partial charge in [0.1, 0.15) is 30.2 Å². The molecule has 1 aromatic carbocycles. The number of para-hydroxylation sites is 1. The van der Waals surface area contributed by atoms with E-state index in [1.54, 1.807) is 18.5 Å². The summed E-state index contributed by atoms with van der Waals surface area (Å²) in [5, 5.41) is 40.5. The number of carboxylic acids is 3. The molecule has 308 valence electrons. The maximum Gasteiger partial charge on any atom is 0.326 e. The molecular weight excluding hydrogens is 758 g/mol. The van der Waals surface area contributed by atoms with E-state index in [1.165, 1.54) is 11.8 Å². The number of primary amides is 1. The molecule has 2 aromatic rings. The van der Waals surface area contributed by atoms with Crippen LogP contribution in [-0.2, 0) is 49.6 Å². The molecule has 0 saturated carbocycles. The molecule has 22 heteroatoms. The zero-order chi connectivity index (χ0) is 41.9. The van der Waals surface area contributed by atoms with Crippen molar-refractivity contribution < 1.29 is 58.5 Å². The molecule has 0 aliphatic heterocycles. The number of benzene rings is 1. The summed E-state index contributed by atoms with van der Waals surface area (Å²) >= 11 is 1.24. The Bertz CT molecular complexity index is 1740. The average molecular weight is 808 g/mol. The van der Waals surface area contributed by atoms with Crippen molar-refractivity contribution >= 4 is 76.0 Å². The number of hydrogen-bond acceptors (Lipinski definition) is 12. The maximum absolute atomic E-state index is 13.5. The molecule has 0 fully saturated rings. The van der Waals surface area contributed by atoms with Crippen LogP contribution in [0.25, 0.3) is 10.9 Å². The molecule has 0 unspecified atom stereocenters. The lowest BCUT2D eigenvalue weighted by atomic mass is 10.0. The lowest BCUT2D eigenvalue weighted by molar-refractivity contribution is -0.144. The largest absolute Gasteiger partial charge is 0.481 e. The monoisotopic (exact) mass is 807 g/mol. The standard InChI is InChI=1S/C34H49N9O12S/c1-56-11-9-21(30(50)42-25(15-28(47)48)33(53)40-22(34(54)55)8-4-5-10-35)39-32(52)24(14-27(45)46)43-31(51)23(13-26(37)44)41-29(49)19(36)12-17-16-38-20-7-3-2-6-18(17)20/h2-3,6-7,16,19,21-25,38H,4-5,8-15,35-36H2,1H3,(H2,37,44)(H,39,52)(H,40,53)(H,41,49)(H,42,50)(H,43,51)(H,45,46)(H,47,48)(H,54,55)/t19-,21-,22-,23-,24-,25-/m0/s1. The summed E-state index contributed by atoms with van der Waals surface area (Å²) < 4.78 is 0. The van der Waals surface area contributed by atoms with Crippen molar-refractivity contribution in [1.82, 2.24) is 31.6 Å². The van der Waals surface area contributed by atoms with Gasteiger partial charge in [-0.25, -0.2) is 4.79 Å². The lowest BCUT2D eigenvalue weighted by Crippen LogP contribution is -2.60. The zero-order valence-electron chi connectivity index (χ0n) is 30.6. The minimum atomic E-state index is -1.89. The quantitative estimate of drug-likeness (QED) is 0.0429. The van der Waals surface area contributed by atoms with E-state index in [0.29, 0.717) is 18.4 Å². The third kappa shape index (κ3) is 15.5. The Hall–Kier alpha value is -5.74. The number of nitrogens with one attached hydrogen (secondary N) is 6. The summed E-state index contributed by atoms with van der Waals surface area (Å²) in [7, 11) is 0. The molecule has 1 aromatic heterocycles. The average Bonchev–Trinajstić information content (AvgIpc) is 3.53. The number of H-pyrrole nitrogens is 1. The number of fused-ring (bicyclic) bond motifs is 1. The van der Waals surface area contributed by atoms with E-state index < -0.39 is 109 Å². The maximum atomic E-state index is 13.5. The molecule has 21 nitrogen and oxygen atoms in total. The smallest absolute Gasteiger partial charge is 0.326 e. The number of carbonyl (C=O) groups excluding carboxylic acids is 6. The van der Waals surface area contributed by atoms with Gasteiger partial charge in [-0.2, -0.15) is 11.8 Å². The number of rotatable bonds is 26. The van der Waals surface area contributed by atoms with E-state index in [-0.39, 0.29) is 31.6 Å². The van der Waals surface area contributed by atoms with Gasteiger partial charge in [-0.05, 0) is 62.3 Å². The first-order chi connectivity index (χ1) is 26.5. The van der Waals surface area contributed by atoms with Gasteiger partial charge in [0.05, 0.1) is 25.3 Å². The lowest BCUT2D eigenvalue weighted by Gasteiger charge is -2.26. The van der Waals surface area contributed by atoms with Gasteiger partial charge in [0.15, 0.2) is 0 Å². The number of amides is 6. The minimum Gasteiger partial charge on any atom is -0.481 e. The van der Waals surface area contributed by atoms with Crippen molar-refractivity contribution in [3.8, 4) is 0 Å². The number of carboxylic acid groups (broad SMARTS) is 3. The van der Waals surface area contributed by atoms with Gasteiger partial charge in [-0.3, -0.25) is 38.4 Å². The van der Waals surface area contributed by atoms with E-state index in [9.17, 15) is 58.5 Å². The third-order valence-corrected chi connectivity index (χ3v) is 8.96. The highest BCUT2D eigenvalue weighted by Crippen LogP contribution is 2.19. The number of thioether (sulfide) groups is 1. The van der Waals surface area contributed by atoms with Crippen LogP contribution >= 0.6 is 11.8 Å². The molecule has 1 heterocycles. The summed E-state index contributed by atoms with van der Waals surface area (Å²) in [4.78, 5) is 116. The Balaban J connectivity index is 2.24. The van der Waals surface area contributed by atoms with E-state index in [4.69, 9.17) is 17.2 Å². The summed E-state index contributed by atoms with van der Waals surface area (Å²) in [5.41, 5.74) is 18.3. The summed E-state index contributed by atoms with van der Waals surface area (Å²) in [5.74, 6) is -10.8. The van der Waals surface area contributed by atoms with Crippen LogP contribution < -0.4 is 43.8 Å². The van der Waals surface area contributed by atoms with Gasteiger partial charge < -0.3 is 64.1 Å². The first kappa shape index (κ1) is 46.4. The van der Waals surface area contributed by atoms with Crippen molar-refractivity contribution in [1.29, 1.82) is 0 Å². The Morgan fingerprint density at radius 3 is 1.71 bits per heavy atom. The van der Waals surface area contributed by atoms with Gasteiger partial charge in [0.25, 0.3) is 0 Å². The molecule has 6 amide bonds. The van der Waals surface area contributed by atoms with E-state index in [1.807, 2.05) is 18.2 Å². The molecule has 2 rings (SSSR count). The zero-order valence-corrected chi connectivity index (χ0v) is 31.4. The van der Waals surface area contributed by atoms with Crippen molar-refractivity contribution in [2.75, 3.05) is 18.6 Å². The fraction of sp³-hybridized carbons (Fsp3) is 0.500. The third-order valence-electron chi connectivity index (χ3n) is 8.32. The molecule has 0 bridgehead atoms. The minimum absolute atomic E-state index is 0.0220. The van der Waals surface area contributed by atoms with Crippen LogP contribution in [0.1, 0.15) is 50.5 Å². The molecule has 15 N–H and O–H groups in total. The van der Waals surface area contributed by atoms with Crippen LogP contribution in [0.15, 0.2) is 30.5 Å². The predicted octanol–water partition coefficient (Wildman–Crippen LogP) is -2.75. The second-order valence-electron chi connectivity index (χ2n) is 12.7. The summed E-state index contributed by atoms with van der Waals surface area (Å²) in [6.45, 7) is 0.268. The van der Waals surface area contributed by atoms with E-state index >= 15 is 0 Å². The van der Waals surface area contributed by atoms with Crippen molar-refractivity contribution in [2.24, 2.45) is 17.2 Å². The topological polar surface area (TPSA) is 368 Å². The van der Waals surface area contributed by atoms with Gasteiger partial charge >= 0.3 is 17.9 Å². The molecule has 0 radical (unpaired) electrons. The van der Waals surface area contributed by atoms with Gasteiger partial charge in [-0.1, -0.05) is 18.2 Å². The van der Waals surface area contributed by atoms with Crippen molar-refractivity contribution in [2.45, 2.75) is 87.6 Å². The molecular formula is C34H49N9O12S. The van der Waals surface area contributed by atoms with Crippen LogP contribution in [0.4, 0.5) is 0 Å². The second kappa shape index (κ2) is 23.2. The van der Waals surface area contributed by atoms with E-state index in [2.05, 4.69) is 31.6 Å². The predicted molar refractivity (Wildman–Crippen MR) is 201 cm³/mol. The summed E-state index contributed by atoms with van der Waals surface area (Å²) in [6, 6.07) is -2.31. The van der Waals surface area contributed by atoms with Gasteiger partial charge in [-0.15, -0.1) is 0 Å². The SMILES string of the molecule is CSCC[C@H](NC(=O)[C@H](CC(=O)O)NC(=O)[C@H](CC(N)=O)NC(=O)[C@@H](N)Cc1c[nH]c2ccccc12)C(=O)N[C@@H](CC(=O)O)C(=O)N[C@@H](CCCCN)C(=O)O. The molecule has 0 aliphatic carbocycles. The Labute approximate surface area is 325 Å². The number of aliphatic carboxylic acids is 3. The molecule has 0 saturated heterocycles. The van der Waals surface area contributed by atoms with Crippen LogP contribution in [-0.4, -0.2) is 128 Å². The molecule has 0 aliphatic rings. The Kier molecular flexibility index (Phi) is 19.3. The normalized spacial score (nSPS) is 14.2. The fourth-order valence-corrected chi connectivity index (χ4v) is 5.90. The first-order valence-corrected chi connectivity index (χ1v) is 18.8. The summed E-state index contributed by atoms with van der Waals surface area (Å²) in [6.07, 6.45) is 1.22. The molecule has 0 spiro atoms. The number of nitrogens with two attached hydrogens (primary N) is 3. The highest BCUT2D eigenvalue weighted by Gasteiger charge is 2.34. The number of hydrogen-bond donors (Lipinski definition) is 12. The van der Waals surface area contributed by atoms with Crippen LogP contribution in [0, 0.1) is 0 Å². The van der Waals surface area contributed by atoms with Gasteiger partial charge in [0.2, 0.25) is 35.4 Å². The van der Waals surface area contributed by atoms with Crippen LogP contribution in [0.2, 0.25) is 0 Å². The fourth-order valence-electron chi connectivity index (χ4n) is 5.43. The highest BCUT2D eigenvalue weighted by atomic mass is 32.2. The molecule has 6 atom stereocenters. The van der Waals surface area contributed by atoms with E-state index in [0.717, 1.165) is 10.9 Å². The van der Waals surface area contributed by atoms with Crippen LogP contribution in [0.3, 0.4) is 0 Å². The number of aromatic nitrogens is 1. The number of carbonyl (C=O) groups is 9. The Morgan fingerprint density at radius 1 is 0.696 bits per heavy atom. The molecule has 56 heavy (non-hydrogen) atoms.